The van der Waals surface area contributed by atoms with E-state index in [2.05, 4.69) is 30.3 Å². The van der Waals surface area contributed by atoms with Crippen molar-refractivity contribution in [3.63, 3.8) is 0 Å². The lowest BCUT2D eigenvalue weighted by atomic mass is 10.00. The summed E-state index contributed by atoms with van der Waals surface area (Å²) in [6.07, 6.45) is 12.5. The van der Waals surface area contributed by atoms with Gasteiger partial charge in [-0.05, 0) is 75.3 Å². The van der Waals surface area contributed by atoms with Gasteiger partial charge >= 0.3 is 0 Å². The van der Waals surface area contributed by atoms with E-state index in [1.165, 1.54) is 0 Å². The fourth-order valence-electron chi connectivity index (χ4n) is 6.15. The summed E-state index contributed by atoms with van der Waals surface area (Å²) in [5.41, 5.74) is 0. The van der Waals surface area contributed by atoms with Gasteiger partial charge in [0.05, 0.1) is 0 Å². The monoisotopic (exact) mass is 299 g/mol. The van der Waals surface area contributed by atoms with Crippen LogP contribution in [-0.2, 0) is 10.9 Å². The van der Waals surface area contributed by atoms with Crippen molar-refractivity contribution in [3.8, 4) is 0 Å². The molecule has 1 aromatic rings. The van der Waals surface area contributed by atoms with Gasteiger partial charge in [-0.1, -0.05) is 18.2 Å². The van der Waals surface area contributed by atoms with Crippen molar-refractivity contribution in [1.29, 1.82) is 0 Å². The molecule has 112 valence electrons. The van der Waals surface area contributed by atoms with E-state index >= 15 is 0 Å². The van der Waals surface area contributed by atoms with Crippen LogP contribution in [0.2, 0.25) is 0 Å². The topological polar surface area (TPSA) is 0 Å². The van der Waals surface area contributed by atoms with Gasteiger partial charge in [0.2, 0.25) is 0 Å². The Labute approximate surface area is 132 Å². The molecule has 0 heterocycles. The zero-order chi connectivity index (χ0) is 13.8. The van der Waals surface area contributed by atoms with Crippen molar-refractivity contribution in [1.82, 2.24) is 0 Å². The predicted octanol–water partition coefficient (Wildman–Crippen LogP) is 5.04. The lowest BCUT2D eigenvalue weighted by Crippen LogP contribution is -2.38. The van der Waals surface area contributed by atoms with Gasteiger partial charge in [-0.25, -0.2) is 0 Å². The Morgan fingerprint density at radius 3 is 1.67 bits per heavy atom. The zero-order valence-electron chi connectivity index (χ0n) is 12.9. The fourth-order valence-corrected chi connectivity index (χ4v) is 10.0. The van der Waals surface area contributed by atoms with Gasteiger partial charge in [-0.2, -0.15) is 0 Å². The molecule has 6 atom stereocenters. The van der Waals surface area contributed by atoms with Crippen molar-refractivity contribution in [2.75, 3.05) is 0 Å². The Morgan fingerprint density at radius 2 is 1.24 bits per heavy atom. The minimum Gasteiger partial charge on any atom is -0.0619 e. The van der Waals surface area contributed by atoms with Gasteiger partial charge < -0.3 is 0 Å². The molecule has 4 fully saturated rings. The normalized spacial score (nSPS) is 45.3. The number of rotatable bonds is 3. The van der Waals surface area contributed by atoms with Crippen molar-refractivity contribution < 1.29 is 0 Å². The smallest absolute Gasteiger partial charge is 0.0619 e. The summed E-state index contributed by atoms with van der Waals surface area (Å²) < 4.78 is 0. The lowest BCUT2D eigenvalue weighted by Gasteiger charge is -2.30. The van der Waals surface area contributed by atoms with Crippen LogP contribution >= 0.6 is 0 Å². The summed E-state index contributed by atoms with van der Waals surface area (Å²) in [5.74, 6) is 4.35. The third-order valence-corrected chi connectivity index (χ3v) is 10.3. The van der Waals surface area contributed by atoms with Crippen LogP contribution in [0.25, 0.3) is 0 Å². The number of hydrogen-bond acceptors (Lipinski definition) is 0. The first-order chi connectivity index (χ1) is 10.4. The number of fused-ring (bicyclic) bond motifs is 4. The standard InChI is InChI=1S/C20H27S/c1-2-4-18(5-3-1)21(19-12-14-6-8-16(19)10-14)20-13-15-7-9-17(20)11-15/h1-5,14-17,19-20H,6-13H2/q+1. The van der Waals surface area contributed by atoms with Crippen LogP contribution in [0.3, 0.4) is 0 Å². The fraction of sp³-hybridized carbons (Fsp3) is 0.700. The highest BCUT2D eigenvalue weighted by Gasteiger charge is 2.57. The minimum absolute atomic E-state index is 0.562. The SMILES string of the molecule is c1ccc([S+](C2CC3CCC2C3)C2CC3CCC2C3)cc1. The molecule has 4 aliphatic rings. The Hall–Kier alpha value is -0.430. The van der Waals surface area contributed by atoms with E-state index in [0.717, 1.165) is 34.2 Å². The van der Waals surface area contributed by atoms with Crippen LogP contribution in [0, 0.1) is 23.7 Å². The molecule has 0 N–H and O–H groups in total. The van der Waals surface area contributed by atoms with E-state index in [-0.39, 0.29) is 0 Å². The van der Waals surface area contributed by atoms with Crippen molar-refractivity contribution in [2.24, 2.45) is 23.7 Å². The Kier molecular flexibility index (Phi) is 3.14. The molecule has 5 rings (SSSR count). The Balaban J connectivity index is 1.49. The highest BCUT2D eigenvalue weighted by Crippen LogP contribution is 2.55. The Morgan fingerprint density at radius 1 is 0.667 bits per heavy atom. The maximum atomic E-state index is 2.46. The second kappa shape index (κ2) is 5.05. The van der Waals surface area contributed by atoms with E-state index < -0.39 is 0 Å². The molecule has 0 spiro atoms. The van der Waals surface area contributed by atoms with Gasteiger partial charge in [0.25, 0.3) is 0 Å². The molecule has 1 heteroatoms. The third-order valence-electron chi connectivity index (χ3n) is 7.01. The molecule has 0 aliphatic heterocycles. The van der Waals surface area contributed by atoms with Crippen LogP contribution in [0.15, 0.2) is 35.2 Å². The molecule has 4 saturated carbocycles. The molecule has 4 aliphatic carbocycles. The van der Waals surface area contributed by atoms with Gasteiger partial charge in [0.15, 0.2) is 4.90 Å². The van der Waals surface area contributed by atoms with Gasteiger partial charge in [0.1, 0.15) is 10.5 Å². The van der Waals surface area contributed by atoms with Crippen molar-refractivity contribution in [3.05, 3.63) is 30.3 Å². The second-order valence-corrected chi connectivity index (χ2v) is 10.5. The molecule has 1 aromatic carbocycles. The molecular formula is C20H27S+. The predicted molar refractivity (Wildman–Crippen MR) is 90.5 cm³/mol. The van der Waals surface area contributed by atoms with Crippen molar-refractivity contribution >= 4 is 10.9 Å². The van der Waals surface area contributed by atoms with Gasteiger partial charge in [0, 0.05) is 22.7 Å². The molecule has 0 aromatic heterocycles. The average molecular weight is 300 g/mol. The van der Waals surface area contributed by atoms with E-state index in [1.807, 2.05) is 0 Å². The lowest BCUT2D eigenvalue weighted by molar-refractivity contribution is 0.465. The molecule has 0 amide bonds. The molecule has 6 unspecified atom stereocenters. The molecule has 21 heavy (non-hydrogen) atoms. The highest BCUT2D eigenvalue weighted by atomic mass is 32.2. The van der Waals surface area contributed by atoms with Gasteiger partial charge in [-0.15, -0.1) is 0 Å². The summed E-state index contributed by atoms with van der Waals surface area (Å²) in [4.78, 5) is 1.72. The highest BCUT2D eigenvalue weighted by molar-refractivity contribution is 7.98. The number of benzene rings is 1. The second-order valence-electron chi connectivity index (χ2n) is 8.11. The van der Waals surface area contributed by atoms with Crippen molar-refractivity contribution in [2.45, 2.75) is 66.8 Å². The number of hydrogen-bond donors (Lipinski definition) is 0. The average Bonchev–Trinajstić information content (AvgIpc) is 3.30. The van der Waals surface area contributed by atoms with Crippen LogP contribution in [0.5, 0.6) is 0 Å². The third kappa shape index (κ3) is 2.11. The maximum Gasteiger partial charge on any atom is 0.155 e. The molecule has 4 bridgehead atoms. The minimum atomic E-state index is 0.562. The van der Waals surface area contributed by atoms with E-state index in [4.69, 9.17) is 0 Å². The summed E-state index contributed by atoms with van der Waals surface area (Å²) in [5, 5.41) is 2.10. The summed E-state index contributed by atoms with van der Waals surface area (Å²) in [6.45, 7) is 0. The van der Waals surface area contributed by atoms with E-state index in [9.17, 15) is 0 Å². The van der Waals surface area contributed by atoms with E-state index in [0.29, 0.717) is 10.9 Å². The van der Waals surface area contributed by atoms with Crippen LogP contribution in [-0.4, -0.2) is 10.5 Å². The summed E-state index contributed by atoms with van der Waals surface area (Å²) in [7, 11) is 0.562. The largest absolute Gasteiger partial charge is 0.155 e. The molecular weight excluding hydrogens is 272 g/mol. The Bertz CT molecular complexity index is 482. The first-order valence-corrected chi connectivity index (χ1v) is 10.5. The van der Waals surface area contributed by atoms with Gasteiger partial charge in [-0.3, -0.25) is 0 Å². The maximum absolute atomic E-state index is 2.46. The first kappa shape index (κ1) is 13.0. The van der Waals surface area contributed by atoms with Crippen LogP contribution in [0.1, 0.15) is 51.4 Å². The first-order valence-electron chi connectivity index (χ1n) is 9.15. The quantitative estimate of drug-likeness (QED) is 0.686. The zero-order valence-corrected chi connectivity index (χ0v) is 13.7. The van der Waals surface area contributed by atoms with Crippen LogP contribution in [0.4, 0.5) is 0 Å². The summed E-state index contributed by atoms with van der Waals surface area (Å²) in [6, 6.07) is 11.7. The van der Waals surface area contributed by atoms with Crippen LogP contribution < -0.4 is 0 Å². The molecule has 0 radical (unpaired) electrons. The summed E-state index contributed by atoms with van der Waals surface area (Å²) >= 11 is 0. The molecule has 0 nitrogen and oxygen atoms in total. The van der Waals surface area contributed by atoms with E-state index in [1.54, 1.807) is 56.3 Å². The molecule has 0 saturated heterocycles.